The summed E-state index contributed by atoms with van der Waals surface area (Å²) in [5.74, 6) is -0.806. The average Bonchev–Trinajstić information content (AvgIpc) is 3.04. The number of allylic oxidation sites excluding steroid dienone is 2. The molecule has 272 valence electrons. The van der Waals surface area contributed by atoms with Gasteiger partial charge in [0.25, 0.3) is 0 Å². The third-order valence-corrected chi connectivity index (χ3v) is 9.20. The molecule has 0 rings (SSSR count). The van der Waals surface area contributed by atoms with Crippen molar-refractivity contribution >= 4 is 19.8 Å². The molecule has 0 aliphatic carbocycles. The van der Waals surface area contributed by atoms with E-state index in [4.69, 9.17) is 14.0 Å². The maximum atomic E-state index is 12.4. The van der Waals surface area contributed by atoms with Crippen molar-refractivity contribution < 1.29 is 37.6 Å². The van der Waals surface area contributed by atoms with Gasteiger partial charge in [0.2, 0.25) is 0 Å². The Kier molecular flexibility index (Phi) is 32.8. The maximum Gasteiger partial charge on any atom is 0.472 e. The fourth-order valence-corrected chi connectivity index (χ4v) is 5.76. The van der Waals surface area contributed by atoms with E-state index in [1.807, 2.05) is 0 Å². The molecule has 0 saturated heterocycles. The quantitative estimate of drug-likeness (QED) is 0.0306. The molecule has 0 radical (unpaired) electrons. The van der Waals surface area contributed by atoms with Gasteiger partial charge in [-0.3, -0.25) is 18.6 Å². The first-order valence-electron chi connectivity index (χ1n) is 18.9. The zero-order chi connectivity index (χ0) is 34.0. The van der Waals surface area contributed by atoms with Crippen LogP contribution in [-0.4, -0.2) is 43.3 Å². The van der Waals surface area contributed by atoms with Crippen molar-refractivity contribution in [2.75, 3.05) is 20.3 Å². The standard InChI is InChI=1S/C37H71O8P/c1-4-6-8-10-12-14-15-16-17-18-19-20-21-22-24-26-28-30-32-37(39)45-35(34-44-46(40,41)42-3)33-43-36(38)31-29-27-25-23-13-11-9-7-5-2/h17-18,35H,4-16,19-34H2,1-3H3,(H,40,41)/b18-17-. The van der Waals surface area contributed by atoms with Gasteiger partial charge in [0, 0.05) is 20.0 Å². The summed E-state index contributed by atoms with van der Waals surface area (Å²) in [6.45, 7) is 3.86. The lowest BCUT2D eigenvalue weighted by Gasteiger charge is -2.19. The first kappa shape index (κ1) is 44.8. The van der Waals surface area contributed by atoms with Crippen LogP contribution in [0, 0.1) is 0 Å². The van der Waals surface area contributed by atoms with Crippen molar-refractivity contribution in [1.82, 2.24) is 0 Å². The molecule has 0 amide bonds. The van der Waals surface area contributed by atoms with E-state index in [0.29, 0.717) is 12.8 Å². The number of ether oxygens (including phenoxy) is 2. The lowest BCUT2D eigenvalue weighted by molar-refractivity contribution is -0.161. The summed E-state index contributed by atoms with van der Waals surface area (Å²) < 4.78 is 31.8. The Morgan fingerprint density at radius 1 is 0.587 bits per heavy atom. The van der Waals surface area contributed by atoms with Crippen LogP contribution in [0.2, 0.25) is 0 Å². The van der Waals surface area contributed by atoms with Gasteiger partial charge in [0.1, 0.15) is 6.61 Å². The van der Waals surface area contributed by atoms with Crippen LogP contribution in [0.25, 0.3) is 0 Å². The summed E-state index contributed by atoms with van der Waals surface area (Å²) in [6.07, 6.45) is 34.1. The second-order valence-corrected chi connectivity index (χ2v) is 14.3. The van der Waals surface area contributed by atoms with E-state index in [9.17, 15) is 19.0 Å². The van der Waals surface area contributed by atoms with Gasteiger partial charge in [0.15, 0.2) is 6.10 Å². The fraction of sp³-hybridized carbons (Fsp3) is 0.892. The minimum absolute atomic E-state index is 0.222. The highest BCUT2D eigenvalue weighted by Gasteiger charge is 2.24. The highest BCUT2D eigenvalue weighted by atomic mass is 31.2. The third-order valence-electron chi connectivity index (χ3n) is 8.26. The molecule has 2 unspecified atom stereocenters. The van der Waals surface area contributed by atoms with E-state index in [-0.39, 0.29) is 19.0 Å². The van der Waals surface area contributed by atoms with Gasteiger partial charge in [-0.05, 0) is 38.5 Å². The van der Waals surface area contributed by atoms with Gasteiger partial charge in [-0.1, -0.05) is 148 Å². The van der Waals surface area contributed by atoms with E-state index in [2.05, 4.69) is 30.5 Å². The predicted octanol–water partition coefficient (Wildman–Crippen LogP) is 11.3. The summed E-state index contributed by atoms with van der Waals surface area (Å²) in [4.78, 5) is 34.2. The molecular formula is C37H71O8P. The highest BCUT2D eigenvalue weighted by Crippen LogP contribution is 2.42. The minimum Gasteiger partial charge on any atom is -0.462 e. The van der Waals surface area contributed by atoms with Crippen LogP contribution in [-0.2, 0) is 32.7 Å². The number of carbonyl (C=O) groups excluding carboxylic acids is 2. The van der Waals surface area contributed by atoms with E-state index in [1.165, 1.54) is 109 Å². The second-order valence-electron chi connectivity index (χ2n) is 12.7. The zero-order valence-corrected chi connectivity index (χ0v) is 30.9. The normalized spacial score (nSPS) is 13.6. The molecule has 0 spiro atoms. The highest BCUT2D eigenvalue weighted by molar-refractivity contribution is 7.47. The van der Waals surface area contributed by atoms with E-state index in [0.717, 1.165) is 52.1 Å². The maximum absolute atomic E-state index is 12.4. The topological polar surface area (TPSA) is 108 Å². The summed E-state index contributed by atoms with van der Waals surface area (Å²) >= 11 is 0. The van der Waals surface area contributed by atoms with Gasteiger partial charge in [0.05, 0.1) is 6.61 Å². The van der Waals surface area contributed by atoms with Crippen LogP contribution in [0.3, 0.4) is 0 Å². The SMILES string of the molecule is CCCCCCCCC/C=C\CCCCCCCCCC(=O)OC(COC(=O)CCCCCCCCCCC)COP(=O)(O)OC. The number of phosphoric acid groups is 1. The van der Waals surface area contributed by atoms with Crippen molar-refractivity contribution in [3.05, 3.63) is 12.2 Å². The lowest BCUT2D eigenvalue weighted by Crippen LogP contribution is -2.29. The van der Waals surface area contributed by atoms with Crippen LogP contribution in [0.1, 0.15) is 187 Å². The largest absolute Gasteiger partial charge is 0.472 e. The average molecular weight is 675 g/mol. The zero-order valence-electron chi connectivity index (χ0n) is 30.0. The molecule has 0 bridgehead atoms. The summed E-state index contributed by atoms with van der Waals surface area (Å²) in [5, 5.41) is 0. The second kappa shape index (κ2) is 33.7. The number of unbranched alkanes of at least 4 members (excludes halogenated alkanes) is 22. The Morgan fingerprint density at radius 2 is 0.978 bits per heavy atom. The Balaban J connectivity index is 4.00. The molecule has 0 saturated carbocycles. The van der Waals surface area contributed by atoms with Crippen molar-refractivity contribution in [3.8, 4) is 0 Å². The van der Waals surface area contributed by atoms with Crippen molar-refractivity contribution in [2.45, 2.75) is 193 Å². The summed E-state index contributed by atoms with van der Waals surface area (Å²) in [5.41, 5.74) is 0. The predicted molar refractivity (Wildman–Crippen MR) is 189 cm³/mol. The van der Waals surface area contributed by atoms with E-state index < -0.39 is 26.5 Å². The Morgan fingerprint density at radius 3 is 1.41 bits per heavy atom. The number of phosphoric ester groups is 1. The Hall–Kier alpha value is -1.21. The Labute approximate surface area is 282 Å². The van der Waals surface area contributed by atoms with Crippen LogP contribution >= 0.6 is 7.82 Å². The van der Waals surface area contributed by atoms with Crippen molar-refractivity contribution in [1.29, 1.82) is 0 Å². The summed E-state index contributed by atoms with van der Waals surface area (Å²) in [7, 11) is -3.19. The molecule has 46 heavy (non-hydrogen) atoms. The van der Waals surface area contributed by atoms with E-state index >= 15 is 0 Å². The molecule has 0 aliphatic rings. The molecule has 1 N–H and O–H groups in total. The summed E-state index contributed by atoms with van der Waals surface area (Å²) in [6, 6.07) is 0. The fourth-order valence-electron chi connectivity index (χ4n) is 5.30. The Bertz CT molecular complexity index is 772. The van der Waals surface area contributed by atoms with Crippen LogP contribution in [0.4, 0.5) is 0 Å². The van der Waals surface area contributed by atoms with Gasteiger partial charge in [-0.15, -0.1) is 0 Å². The van der Waals surface area contributed by atoms with Crippen molar-refractivity contribution in [2.24, 2.45) is 0 Å². The van der Waals surface area contributed by atoms with Crippen LogP contribution in [0.15, 0.2) is 12.2 Å². The van der Waals surface area contributed by atoms with Crippen LogP contribution < -0.4 is 0 Å². The molecule has 0 aromatic carbocycles. The number of rotatable bonds is 35. The molecule has 2 atom stereocenters. The molecule has 0 fully saturated rings. The van der Waals surface area contributed by atoms with Gasteiger partial charge < -0.3 is 14.4 Å². The third kappa shape index (κ3) is 32.7. The molecule has 9 heteroatoms. The molecule has 8 nitrogen and oxygen atoms in total. The van der Waals surface area contributed by atoms with Crippen LogP contribution in [0.5, 0.6) is 0 Å². The van der Waals surface area contributed by atoms with Gasteiger partial charge in [-0.25, -0.2) is 4.57 Å². The molecule has 0 aliphatic heterocycles. The minimum atomic E-state index is -4.25. The number of esters is 2. The van der Waals surface area contributed by atoms with Gasteiger partial charge >= 0.3 is 19.8 Å². The molecule has 0 aromatic heterocycles. The van der Waals surface area contributed by atoms with Gasteiger partial charge in [-0.2, -0.15) is 0 Å². The van der Waals surface area contributed by atoms with Crippen molar-refractivity contribution in [3.63, 3.8) is 0 Å². The molecular weight excluding hydrogens is 603 g/mol. The monoisotopic (exact) mass is 674 g/mol. The molecule has 0 aromatic rings. The number of hydrogen-bond donors (Lipinski definition) is 1. The first-order chi connectivity index (χ1) is 22.3. The lowest BCUT2D eigenvalue weighted by atomic mass is 10.1. The molecule has 0 heterocycles. The van der Waals surface area contributed by atoms with E-state index in [1.54, 1.807) is 0 Å². The number of hydrogen-bond acceptors (Lipinski definition) is 7. The first-order valence-corrected chi connectivity index (χ1v) is 20.4. The smallest absolute Gasteiger partial charge is 0.462 e. The number of carbonyl (C=O) groups is 2.